The standard InChI is InChI=1S/C19H23N3O/c20-15-17-9-4-5-10-18(17)21-11-6-12-22(14-13-21)19(23)16-7-2-1-3-8-16/h1-2,4-5,9-10,16H,3,6-8,11-14H2/t16-/m1/s1. The van der Waals surface area contributed by atoms with Gasteiger partial charge in [-0.15, -0.1) is 0 Å². The van der Waals surface area contributed by atoms with Crippen LogP contribution < -0.4 is 4.90 Å². The Labute approximate surface area is 138 Å². The van der Waals surface area contributed by atoms with Crippen molar-refractivity contribution >= 4 is 11.6 Å². The third-order valence-electron chi connectivity index (χ3n) is 4.79. The quantitative estimate of drug-likeness (QED) is 0.789. The largest absolute Gasteiger partial charge is 0.369 e. The highest BCUT2D eigenvalue weighted by Crippen LogP contribution is 2.24. The van der Waals surface area contributed by atoms with Crippen molar-refractivity contribution in [2.24, 2.45) is 5.92 Å². The van der Waals surface area contributed by atoms with Crippen molar-refractivity contribution in [1.29, 1.82) is 5.26 Å². The minimum absolute atomic E-state index is 0.165. The van der Waals surface area contributed by atoms with Crippen LogP contribution in [0, 0.1) is 17.2 Å². The number of rotatable bonds is 2. The molecule has 0 aromatic heterocycles. The van der Waals surface area contributed by atoms with Crippen molar-refractivity contribution in [1.82, 2.24) is 4.90 Å². The molecule has 1 fully saturated rings. The van der Waals surface area contributed by atoms with Crippen LogP contribution in [0.15, 0.2) is 36.4 Å². The Morgan fingerprint density at radius 1 is 1.13 bits per heavy atom. The van der Waals surface area contributed by atoms with Crippen LogP contribution in [0.1, 0.15) is 31.2 Å². The highest BCUT2D eigenvalue weighted by molar-refractivity contribution is 5.79. The van der Waals surface area contributed by atoms with Crippen LogP contribution in [-0.2, 0) is 4.79 Å². The maximum Gasteiger partial charge on any atom is 0.226 e. The second-order valence-corrected chi connectivity index (χ2v) is 6.28. The molecule has 0 spiro atoms. The summed E-state index contributed by atoms with van der Waals surface area (Å²) in [7, 11) is 0. The fourth-order valence-electron chi connectivity index (χ4n) is 3.50. The molecule has 1 heterocycles. The first-order chi connectivity index (χ1) is 11.3. The Hall–Kier alpha value is -2.28. The monoisotopic (exact) mass is 309 g/mol. The molecule has 0 bridgehead atoms. The van der Waals surface area contributed by atoms with E-state index in [1.165, 1.54) is 0 Å². The molecule has 3 rings (SSSR count). The second kappa shape index (κ2) is 7.32. The molecule has 4 heteroatoms. The summed E-state index contributed by atoms with van der Waals surface area (Å²) in [5.74, 6) is 0.475. The van der Waals surface area contributed by atoms with Crippen LogP contribution >= 0.6 is 0 Å². The Morgan fingerprint density at radius 2 is 2.00 bits per heavy atom. The van der Waals surface area contributed by atoms with Gasteiger partial charge in [0.1, 0.15) is 6.07 Å². The zero-order valence-electron chi connectivity index (χ0n) is 13.4. The number of anilines is 1. The molecule has 1 aliphatic carbocycles. The first-order valence-corrected chi connectivity index (χ1v) is 8.47. The average molecular weight is 309 g/mol. The zero-order chi connectivity index (χ0) is 16.1. The van der Waals surface area contributed by atoms with Crippen LogP contribution in [0.2, 0.25) is 0 Å². The van der Waals surface area contributed by atoms with Crippen molar-refractivity contribution in [2.45, 2.75) is 25.7 Å². The van der Waals surface area contributed by atoms with E-state index in [2.05, 4.69) is 23.1 Å². The van der Waals surface area contributed by atoms with E-state index in [0.29, 0.717) is 11.5 Å². The van der Waals surface area contributed by atoms with Gasteiger partial charge in [0.2, 0.25) is 5.91 Å². The van der Waals surface area contributed by atoms with Crippen LogP contribution in [0.4, 0.5) is 5.69 Å². The van der Waals surface area contributed by atoms with Crippen molar-refractivity contribution in [3.8, 4) is 6.07 Å². The van der Waals surface area contributed by atoms with Crippen molar-refractivity contribution in [3.05, 3.63) is 42.0 Å². The Morgan fingerprint density at radius 3 is 2.78 bits per heavy atom. The number of hydrogen-bond donors (Lipinski definition) is 0. The summed E-state index contributed by atoms with van der Waals surface area (Å²) >= 11 is 0. The number of para-hydroxylation sites is 1. The van der Waals surface area contributed by atoms with E-state index < -0.39 is 0 Å². The second-order valence-electron chi connectivity index (χ2n) is 6.28. The Bertz CT molecular complexity index is 632. The smallest absolute Gasteiger partial charge is 0.226 e. The molecule has 0 N–H and O–H groups in total. The van der Waals surface area contributed by atoms with Gasteiger partial charge in [-0.2, -0.15) is 5.26 Å². The lowest BCUT2D eigenvalue weighted by molar-refractivity contribution is -0.135. The van der Waals surface area contributed by atoms with Gasteiger partial charge in [-0.05, 0) is 37.8 Å². The van der Waals surface area contributed by atoms with E-state index in [1.54, 1.807) is 0 Å². The average Bonchev–Trinajstić information content (AvgIpc) is 2.88. The van der Waals surface area contributed by atoms with Crippen molar-refractivity contribution < 1.29 is 4.79 Å². The number of carbonyl (C=O) groups excluding carboxylic acids is 1. The van der Waals surface area contributed by atoms with E-state index in [9.17, 15) is 10.1 Å². The van der Waals surface area contributed by atoms with Gasteiger partial charge in [-0.1, -0.05) is 24.3 Å². The highest BCUT2D eigenvalue weighted by atomic mass is 16.2. The van der Waals surface area contributed by atoms with Crippen LogP contribution in [0.5, 0.6) is 0 Å². The third-order valence-corrected chi connectivity index (χ3v) is 4.79. The van der Waals surface area contributed by atoms with E-state index in [-0.39, 0.29) is 5.92 Å². The molecule has 0 radical (unpaired) electrons. The van der Waals surface area contributed by atoms with Gasteiger partial charge >= 0.3 is 0 Å². The van der Waals surface area contributed by atoms with E-state index in [4.69, 9.17) is 0 Å². The van der Waals surface area contributed by atoms with E-state index in [1.807, 2.05) is 29.2 Å². The molecule has 120 valence electrons. The Balaban J connectivity index is 1.66. The summed E-state index contributed by atoms with van der Waals surface area (Å²) in [6, 6.07) is 10.00. The number of allylic oxidation sites excluding steroid dienone is 2. The number of carbonyl (C=O) groups is 1. The number of nitrogens with zero attached hydrogens (tertiary/aromatic N) is 3. The van der Waals surface area contributed by atoms with Gasteiger partial charge in [0.05, 0.1) is 11.3 Å². The first-order valence-electron chi connectivity index (χ1n) is 8.47. The fourth-order valence-corrected chi connectivity index (χ4v) is 3.50. The molecule has 1 atom stereocenters. The van der Waals surface area contributed by atoms with Crippen LogP contribution in [0.3, 0.4) is 0 Å². The molecular formula is C19H23N3O. The fraction of sp³-hybridized carbons (Fsp3) is 0.474. The lowest BCUT2D eigenvalue weighted by Gasteiger charge is -2.27. The minimum atomic E-state index is 0.165. The first kappa shape index (κ1) is 15.6. The molecule has 1 aromatic carbocycles. The molecule has 1 aromatic rings. The summed E-state index contributed by atoms with van der Waals surface area (Å²) < 4.78 is 0. The summed E-state index contributed by atoms with van der Waals surface area (Å²) in [5, 5.41) is 9.28. The maximum atomic E-state index is 12.7. The summed E-state index contributed by atoms with van der Waals surface area (Å²) in [5.41, 5.74) is 1.70. The van der Waals surface area contributed by atoms with Gasteiger partial charge in [-0.25, -0.2) is 0 Å². The molecule has 4 nitrogen and oxygen atoms in total. The minimum Gasteiger partial charge on any atom is -0.369 e. The molecule has 0 saturated carbocycles. The lowest BCUT2D eigenvalue weighted by Crippen LogP contribution is -2.39. The normalized spacial score (nSPS) is 21.6. The highest BCUT2D eigenvalue weighted by Gasteiger charge is 2.26. The van der Waals surface area contributed by atoms with Gasteiger partial charge in [0.15, 0.2) is 0 Å². The molecule has 0 unspecified atom stereocenters. The Kier molecular flexibility index (Phi) is 4.97. The van der Waals surface area contributed by atoms with Crippen LogP contribution in [0.25, 0.3) is 0 Å². The predicted molar refractivity (Wildman–Crippen MR) is 91.0 cm³/mol. The maximum absolute atomic E-state index is 12.7. The van der Waals surface area contributed by atoms with Crippen molar-refractivity contribution in [2.75, 3.05) is 31.1 Å². The van der Waals surface area contributed by atoms with E-state index in [0.717, 1.165) is 57.5 Å². The number of amides is 1. The summed E-state index contributed by atoms with van der Waals surface area (Å²) in [6.45, 7) is 3.27. The molecule has 1 amide bonds. The van der Waals surface area contributed by atoms with Gasteiger partial charge in [-0.3, -0.25) is 4.79 Å². The topological polar surface area (TPSA) is 47.3 Å². The lowest BCUT2D eigenvalue weighted by atomic mass is 9.93. The van der Waals surface area contributed by atoms with Gasteiger partial charge in [0, 0.05) is 32.1 Å². The van der Waals surface area contributed by atoms with Gasteiger partial charge < -0.3 is 9.80 Å². The van der Waals surface area contributed by atoms with Crippen LogP contribution in [-0.4, -0.2) is 37.0 Å². The molecule has 23 heavy (non-hydrogen) atoms. The molecule has 1 saturated heterocycles. The molecule has 1 aliphatic heterocycles. The molecular weight excluding hydrogens is 286 g/mol. The number of nitriles is 1. The zero-order valence-corrected chi connectivity index (χ0v) is 13.4. The SMILES string of the molecule is N#Cc1ccccc1N1CCCN(C(=O)[C@@H]2CC=CCC2)CC1. The van der Waals surface area contributed by atoms with E-state index >= 15 is 0 Å². The van der Waals surface area contributed by atoms with Gasteiger partial charge in [0.25, 0.3) is 0 Å². The summed E-state index contributed by atoms with van der Waals surface area (Å²) in [4.78, 5) is 17.0. The number of benzene rings is 1. The van der Waals surface area contributed by atoms with Crippen molar-refractivity contribution in [3.63, 3.8) is 0 Å². The predicted octanol–water partition coefficient (Wildman–Crippen LogP) is 2.95. The number of hydrogen-bond acceptors (Lipinski definition) is 3. The molecule has 2 aliphatic rings. The summed E-state index contributed by atoms with van der Waals surface area (Å²) in [6.07, 6.45) is 8.15. The third kappa shape index (κ3) is 3.56.